The van der Waals surface area contributed by atoms with Crippen molar-refractivity contribution in [3.63, 3.8) is 0 Å². The maximum absolute atomic E-state index is 4.60. The van der Waals surface area contributed by atoms with Gasteiger partial charge in [-0.05, 0) is 24.8 Å². The van der Waals surface area contributed by atoms with Crippen LogP contribution in [0.3, 0.4) is 0 Å². The molecule has 84 valence electrons. The monoisotopic (exact) mass is 224 g/mol. The lowest BCUT2D eigenvalue weighted by atomic mass is 10.2. The largest absolute Gasteiger partial charge is 0.311 e. The molecule has 2 rings (SSSR count). The lowest BCUT2D eigenvalue weighted by Gasteiger charge is -2.01. The molecule has 0 spiro atoms. The van der Waals surface area contributed by atoms with Gasteiger partial charge in [-0.1, -0.05) is 20.8 Å². The molecule has 0 aromatic carbocycles. The van der Waals surface area contributed by atoms with Gasteiger partial charge in [-0.15, -0.1) is 11.3 Å². The van der Waals surface area contributed by atoms with Gasteiger partial charge < -0.3 is 5.32 Å². The molecule has 2 atom stereocenters. The van der Waals surface area contributed by atoms with Gasteiger partial charge in [-0.3, -0.25) is 0 Å². The Kier molecular flexibility index (Phi) is 3.42. The molecule has 1 aliphatic rings. The van der Waals surface area contributed by atoms with Crippen molar-refractivity contribution in [2.75, 3.05) is 6.54 Å². The van der Waals surface area contributed by atoms with E-state index in [0.717, 1.165) is 24.9 Å². The fourth-order valence-electron chi connectivity index (χ4n) is 1.74. The molecule has 0 amide bonds. The van der Waals surface area contributed by atoms with Crippen molar-refractivity contribution in [1.29, 1.82) is 0 Å². The Bertz CT molecular complexity index is 319. The van der Waals surface area contributed by atoms with E-state index < -0.39 is 0 Å². The molecule has 2 unspecified atom stereocenters. The van der Waals surface area contributed by atoms with Crippen LogP contribution in [0, 0.1) is 11.8 Å². The molecular formula is C12H20N2S. The zero-order valence-corrected chi connectivity index (χ0v) is 10.6. The molecule has 0 saturated heterocycles. The number of nitrogens with one attached hydrogen (secondary N) is 1. The molecule has 1 heterocycles. The first kappa shape index (κ1) is 11.1. The average Bonchev–Trinajstić information content (AvgIpc) is 2.71. The van der Waals surface area contributed by atoms with Gasteiger partial charge in [0.1, 0.15) is 0 Å². The SMILES string of the molecule is CC(C)c1nc(CNCC2CC2C)cs1. The fourth-order valence-corrected chi connectivity index (χ4v) is 2.57. The second kappa shape index (κ2) is 4.62. The van der Waals surface area contributed by atoms with E-state index in [-0.39, 0.29) is 0 Å². The second-order valence-corrected chi connectivity index (χ2v) is 5.83. The summed E-state index contributed by atoms with van der Waals surface area (Å²) in [5.74, 6) is 2.43. The van der Waals surface area contributed by atoms with Gasteiger partial charge in [0.15, 0.2) is 0 Å². The summed E-state index contributed by atoms with van der Waals surface area (Å²) in [6.45, 7) is 8.82. The molecule has 15 heavy (non-hydrogen) atoms. The summed E-state index contributed by atoms with van der Waals surface area (Å²) in [6.07, 6.45) is 1.40. The quantitative estimate of drug-likeness (QED) is 0.831. The number of rotatable bonds is 5. The van der Waals surface area contributed by atoms with Crippen LogP contribution >= 0.6 is 11.3 Å². The molecule has 0 radical (unpaired) electrons. The third-order valence-electron chi connectivity index (χ3n) is 3.05. The van der Waals surface area contributed by atoms with E-state index in [0.29, 0.717) is 5.92 Å². The minimum Gasteiger partial charge on any atom is -0.311 e. The Morgan fingerprint density at radius 1 is 1.60 bits per heavy atom. The molecule has 0 aliphatic heterocycles. The standard InChI is InChI=1S/C12H20N2S/c1-8(2)12-14-11(7-15-12)6-13-5-10-4-9(10)3/h7-10,13H,4-6H2,1-3H3. The van der Waals surface area contributed by atoms with Crippen LogP contribution in [0.25, 0.3) is 0 Å². The highest BCUT2D eigenvalue weighted by Crippen LogP contribution is 2.36. The van der Waals surface area contributed by atoms with E-state index >= 15 is 0 Å². The summed E-state index contributed by atoms with van der Waals surface area (Å²) in [4.78, 5) is 4.60. The average molecular weight is 224 g/mol. The van der Waals surface area contributed by atoms with Gasteiger partial charge in [-0.2, -0.15) is 0 Å². The molecule has 1 fully saturated rings. The zero-order valence-electron chi connectivity index (χ0n) is 9.79. The number of thiazole rings is 1. The third-order valence-corrected chi connectivity index (χ3v) is 4.25. The van der Waals surface area contributed by atoms with Gasteiger partial charge in [0.05, 0.1) is 10.7 Å². The van der Waals surface area contributed by atoms with Gasteiger partial charge >= 0.3 is 0 Å². The molecule has 2 nitrogen and oxygen atoms in total. The van der Waals surface area contributed by atoms with Crippen molar-refractivity contribution < 1.29 is 0 Å². The highest BCUT2D eigenvalue weighted by atomic mass is 32.1. The molecule has 1 aliphatic carbocycles. The Morgan fingerprint density at radius 2 is 2.33 bits per heavy atom. The van der Waals surface area contributed by atoms with E-state index in [4.69, 9.17) is 0 Å². The number of aromatic nitrogens is 1. The summed E-state index contributed by atoms with van der Waals surface area (Å²) < 4.78 is 0. The van der Waals surface area contributed by atoms with Gasteiger partial charge in [0, 0.05) is 17.8 Å². The van der Waals surface area contributed by atoms with Crippen LogP contribution in [0.15, 0.2) is 5.38 Å². The fraction of sp³-hybridized carbons (Fsp3) is 0.750. The summed E-state index contributed by atoms with van der Waals surface area (Å²) in [7, 11) is 0. The van der Waals surface area contributed by atoms with Crippen LogP contribution < -0.4 is 5.32 Å². The van der Waals surface area contributed by atoms with Crippen molar-refractivity contribution >= 4 is 11.3 Å². The normalized spacial score (nSPS) is 24.8. The number of hydrogen-bond acceptors (Lipinski definition) is 3. The highest BCUT2D eigenvalue weighted by molar-refractivity contribution is 7.09. The first-order valence-electron chi connectivity index (χ1n) is 5.82. The van der Waals surface area contributed by atoms with Crippen LogP contribution in [0.2, 0.25) is 0 Å². The Morgan fingerprint density at radius 3 is 2.87 bits per heavy atom. The lowest BCUT2D eigenvalue weighted by Crippen LogP contribution is -2.17. The van der Waals surface area contributed by atoms with Crippen LogP contribution in [0.5, 0.6) is 0 Å². The molecule has 3 heteroatoms. The Balaban J connectivity index is 1.73. The first-order valence-corrected chi connectivity index (χ1v) is 6.69. The highest BCUT2D eigenvalue weighted by Gasteiger charge is 2.31. The Labute approximate surface area is 96.1 Å². The minimum atomic E-state index is 0.562. The van der Waals surface area contributed by atoms with Crippen molar-refractivity contribution in [3.05, 3.63) is 16.1 Å². The zero-order chi connectivity index (χ0) is 10.8. The molecule has 1 saturated carbocycles. The van der Waals surface area contributed by atoms with Gasteiger partial charge in [0.25, 0.3) is 0 Å². The smallest absolute Gasteiger partial charge is 0.0954 e. The molecular weight excluding hydrogens is 204 g/mol. The summed E-state index contributed by atoms with van der Waals surface area (Å²) in [5, 5.41) is 6.93. The number of nitrogens with zero attached hydrogens (tertiary/aromatic N) is 1. The molecule has 0 bridgehead atoms. The molecule has 1 aromatic heterocycles. The van der Waals surface area contributed by atoms with Crippen LogP contribution in [0.1, 0.15) is 43.8 Å². The van der Waals surface area contributed by atoms with Crippen molar-refractivity contribution in [1.82, 2.24) is 10.3 Å². The predicted octanol–water partition coefficient (Wildman–Crippen LogP) is 3.01. The minimum absolute atomic E-state index is 0.562. The van der Waals surface area contributed by atoms with Gasteiger partial charge in [0.2, 0.25) is 0 Å². The van der Waals surface area contributed by atoms with E-state index in [9.17, 15) is 0 Å². The van der Waals surface area contributed by atoms with E-state index in [2.05, 4.69) is 36.5 Å². The van der Waals surface area contributed by atoms with Crippen LogP contribution in [-0.4, -0.2) is 11.5 Å². The van der Waals surface area contributed by atoms with Gasteiger partial charge in [-0.25, -0.2) is 4.98 Å². The number of hydrogen-bond donors (Lipinski definition) is 1. The summed E-state index contributed by atoms with van der Waals surface area (Å²) >= 11 is 1.78. The first-order chi connectivity index (χ1) is 7.16. The van der Waals surface area contributed by atoms with Crippen molar-refractivity contribution in [2.24, 2.45) is 11.8 Å². The Hall–Kier alpha value is -0.410. The third kappa shape index (κ3) is 3.02. The maximum Gasteiger partial charge on any atom is 0.0954 e. The van der Waals surface area contributed by atoms with E-state index in [1.807, 2.05) is 0 Å². The van der Waals surface area contributed by atoms with Crippen molar-refractivity contribution in [3.8, 4) is 0 Å². The van der Waals surface area contributed by atoms with Crippen LogP contribution in [-0.2, 0) is 6.54 Å². The topological polar surface area (TPSA) is 24.9 Å². The second-order valence-electron chi connectivity index (χ2n) is 4.94. The lowest BCUT2D eigenvalue weighted by molar-refractivity contribution is 0.605. The van der Waals surface area contributed by atoms with Crippen molar-refractivity contribution in [2.45, 2.75) is 39.7 Å². The maximum atomic E-state index is 4.60. The summed E-state index contributed by atoms with van der Waals surface area (Å²) in [6, 6.07) is 0. The van der Waals surface area contributed by atoms with Crippen LogP contribution in [0.4, 0.5) is 0 Å². The van der Waals surface area contributed by atoms with E-state index in [1.54, 1.807) is 11.3 Å². The molecule has 1 N–H and O–H groups in total. The summed E-state index contributed by atoms with van der Waals surface area (Å²) in [5.41, 5.74) is 1.21. The molecule has 1 aromatic rings. The van der Waals surface area contributed by atoms with E-state index in [1.165, 1.54) is 17.1 Å². The predicted molar refractivity (Wildman–Crippen MR) is 65.2 cm³/mol.